The zero-order chi connectivity index (χ0) is 20.4. The molecule has 3 aromatic carbocycles. The maximum Gasteiger partial charge on any atom is 0.232 e. The van der Waals surface area contributed by atoms with E-state index in [2.05, 4.69) is 103 Å². The molecule has 0 radical (unpaired) electrons. The molecule has 0 atom stereocenters. The molecular formula is C26H26N3+. The van der Waals surface area contributed by atoms with E-state index in [9.17, 15) is 0 Å². The minimum absolute atomic E-state index is 0.179. The fraction of sp³-hybridized carbons (Fsp3) is 0.192. The number of para-hydroxylation sites is 3. The lowest BCUT2D eigenvalue weighted by Gasteiger charge is -2.25. The summed E-state index contributed by atoms with van der Waals surface area (Å²) < 4.78 is 2.21. The van der Waals surface area contributed by atoms with Gasteiger partial charge in [-0.15, -0.1) is 0 Å². The van der Waals surface area contributed by atoms with Crippen LogP contribution in [0.5, 0.6) is 0 Å². The number of hydrogen-bond donors (Lipinski definition) is 0. The summed E-state index contributed by atoms with van der Waals surface area (Å²) in [5, 5.41) is 0. The molecule has 1 heterocycles. The lowest BCUT2D eigenvalue weighted by molar-refractivity contribution is -0.617. The zero-order valence-electron chi connectivity index (χ0n) is 17.4. The van der Waals surface area contributed by atoms with Gasteiger partial charge in [-0.25, -0.2) is 4.98 Å². The van der Waals surface area contributed by atoms with Gasteiger partial charge >= 0.3 is 0 Å². The molecule has 4 aromatic rings. The Morgan fingerprint density at radius 2 is 1.59 bits per heavy atom. The highest BCUT2D eigenvalue weighted by molar-refractivity contribution is 6.06. The smallest absolute Gasteiger partial charge is 0.232 e. The quantitative estimate of drug-likeness (QED) is 0.269. The lowest BCUT2D eigenvalue weighted by atomic mass is 9.79. The van der Waals surface area contributed by atoms with E-state index in [4.69, 9.17) is 4.98 Å². The van der Waals surface area contributed by atoms with Crippen LogP contribution in [0.1, 0.15) is 25.0 Å². The summed E-state index contributed by atoms with van der Waals surface area (Å²) in [4.78, 5) is 9.55. The average molecular weight is 381 g/mol. The van der Waals surface area contributed by atoms with E-state index in [1.807, 2.05) is 19.2 Å². The number of aliphatic imine (C=N–C) groups is 1. The molecule has 0 fully saturated rings. The highest BCUT2D eigenvalue weighted by Gasteiger charge is 2.25. The third-order valence-corrected chi connectivity index (χ3v) is 5.68. The standard InChI is InChI=1S/C26H26N3/c1-26(2,20-12-6-5-7-13-20)24(27-3)18-17-19-11-10-16-23-25(19)28-21-14-8-9-15-22(21)29(23)4/h5-18H,1-4H3/q+1/b18-17+,27-24?. The fourth-order valence-electron chi connectivity index (χ4n) is 3.90. The van der Waals surface area contributed by atoms with E-state index in [-0.39, 0.29) is 5.41 Å². The van der Waals surface area contributed by atoms with Crippen LogP contribution in [0.2, 0.25) is 0 Å². The van der Waals surface area contributed by atoms with Crippen LogP contribution in [0.15, 0.2) is 83.9 Å². The molecule has 0 aliphatic rings. The molecule has 0 unspecified atom stereocenters. The summed E-state index contributed by atoms with van der Waals surface area (Å²) in [7, 11) is 3.95. The van der Waals surface area contributed by atoms with E-state index in [0.717, 1.165) is 33.3 Å². The largest absolute Gasteiger partial charge is 0.292 e. The van der Waals surface area contributed by atoms with Crippen molar-refractivity contribution in [2.24, 2.45) is 12.0 Å². The highest BCUT2D eigenvalue weighted by Crippen LogP contribution is 2.26. The van der Waals surface area contributed by atoms with Crippen LogP contribution in [0.3, 0.4) is 0 Å². The number of aromatic nitrogens is 2. The van der Waals surface area contributed by atoms with Crippen LogP contribution in [-0.2, 0) is 12.5 Å². The van der Waals surface area contributed by atoms with Gasteiger partial charge in [0.2, 0.25) is 11.0 Å². The van der Waals surface area contributed by atoms with Crippen molar-refractivity contribution in [2.45, 2.75) is 19.3 Å². The van der Waals surface area contributed by atoms with Crippen molar-refractivity contribution in [3.63, 3.8) is 0 Å². The van der Waals surface area contributed by atoms with Crippen LogP contribution >= 0.6 is 0 Å². The van der Waals surface area contributed by atoms with Gasteiger partial charge < -0.3 is 0 Å². The van der Waals surface area contributed by atoms with E-state index in [1.54, 1.807) is 0 Å². The van der Waals surface area contributed by atoms with Crippen molar-refractivity contribution in [1.29, 1.82) is 0 Å². The molecule has 29 heavy (non-hydrogen) atoms. The summed E-state index contributed by atoms with van der Waals surface area (Å²) >= 11 is 0. The van der Waals surface area contributed by atoms with Crippen LogP contribution in [0.4, 0.5) is 0 Å². The third kappa shape index (κ3) is 3.44. The van der Waals surface area contributed by atoms with Gasteiger partial charge in [-0.1, -0.05) is 74.5 Å². The number of nitrogens with zero attached hydrogens (tertiary/aromatic N) is 3. The van der Waals surface area contributed by atoms with Crippen molar-refractivity contribution in [1.82, 2.24) is 4.98 Å². The van der Waals surface area contributed by atoms with Gasteiger partial charge in [0.25, 0.3) is 0 Å². The molecule has 0 N–H and O–H groups in total. The predicted octanol–water partition coefficient (Wildman–Crippen LogP) is 5.27. The number of fused-ring (bicyclic) bond motifs is 2. The molecule has 0 aliphatic heterocycles. The first kappa shape index (κ1) is 19.0. The van der Waals surface area contributed by atoms with Crippen molar-refractivity contribution in [3.8, 4) is 0 Å². The van der Waals surface area contributed by atoms with E-state index >= 15 is 0 Å². The van der Waals surface area contributed by atoms with Crippen molar-refractivity contribution >= 4 is 33.9 Å². The first-order valence-corrected chi connectivity index (χ1v) is 9.91. The molecule has 1 aromatic heterocycles. The Balaban J connectivity index is 1.80. The predicted molar refractivity (Wildman–Crippen MR) is 122 cm³/mol. The SMILES string of the molecule is CN=C(/C=C/c1cccc2c1nc1ccccc1[n+]2C)C(C)(C)c1ccccc1. The zero-order valence-corrected chi connectivity index (χ0v) is 17.4. The molecule has 3 nitrogen and oxygen atoms in total. The summed E-state index contributed by atoms with van der Waals surface area (Å²) in [6, 6.07) is 25.1. The average Bonchev–Trinajstić information content (AvgIpc) is 2.75. The van der Waals surface area contributed by atoms with Crippen LogP contribution in [0, 0.1) is 0 Å². The molecule has 0 spiro atoms. The van der Waals surface area contributed by atoms with Crippen molar-refractivity contribution in [3.05, 3.63) is 90.0 Å². The van der Waals surface area contributed by atoms with Gasteiger partial charge in [0, 0.05) is 35.9 Å². The fourth-order valence-corrected chi connectivity index (χ4v) is 3.90. The number of benzene rings is 3. The molecule has 0 saturated carbocycles. The van der Waals surface area contributed by atoms with Crippen LogP contribution in [-0.4, -0.2) is 17.7 Å². The second kappa shape index (κ2) is 7.59. The molecule has 0 bridgehead atoms. The molecule has 0 saturated heterocycles. The lowest BCUT2D eigenvalue weighted by Crippen LogP contribution is -2.30. The Labute approximate surface area is 172 Å². The van der Waals surface area contributed by atoms with E-state index < -0.39 is 0 Å². The van der Waals surface area contributed by atoms with Gasteiger partial charge in [0.15, 0.2) is 0 Å². The maximum absolute atomic E-state index is 4.95. The van der Waals surface area contributed by atoms with Gasteiger partial charge in [0.05, 0.1) is 0 Å². The summed E-state index contributed by atoms with van der Waals surface area (Å²) in [6.45, 7) is 4.42. The molecule has 0 aliphatic carbocycles. The van der Waals surface area contributed by atoms with Gasteiger partial charge in [-0.05, 0) is 17.7 Å². The van der Waals surface area contributed by atoms with Crippen LogP contribution < -0.4 is 4.57 Å². The summed E-state index contributed by atoms with van der Waals surface area (Å²) in [6.07, 6.45) is 4.26. The second-order valence-electron chi connectivity index (χ2n) is 7.81. The summed E-state index contributed by atoms with van der Waals surface area (Å²) in [5.74, 6) is 0. The minimum Gasteiger partial charge on any atom is -0.292 e. The van der Waals surface area contributed by atoms with Crippen molar-refractivity contribution in [2.75, 3.05) is 7.05 Å². The summed E-state index contributed by atoms with van der Waals surface area (Å²) in [5.41, 5.74) is 7.43. The number of allylic oxidation sites excluding steroid dienone is 1. The molecule has 144 valence electrons. The number of rotatable bonds is 4. The monoisotopic (exact) mass is 380 g/mol. The maximum atomic E-state index is 4.95. The second-order valence-corrected chi connectivity index (χ2v) is 7.81. The van der Waals surface area contributed by atoms with Crippen LogP contribution in [0.25, 0.3) is 28.1 Å². The van der Waals surface area contributed by atoms with Gasteiger partial charge in [-0.2, -0.15) is 4.57 Å². The number of aryl methyl sites for hydroxylation is 1. The Kier molecular flexibility index (Phi) is 4.98. The molecular weight excluding hydrogens is 354 g/mol. The Morgan fingerprint density at radius 1 is 0.897 bits per heavy atom. The number of hydrogen-bond acceptors (Lipinski definition) is 2. The topological polar surface area (TPSA) is 29.1 Å². The first-order valence-electron chi connectivity index (χ1n) is 9.91. The van der Waals surface area contributed by atoms with Gasteiger partial charge in [0.1, 0.15) is 18.1 Å². The molecule has 0 amide bonds. The first-order chi connectivity index (χ1) is 14.0. The highest BCUT2D eigenvalue weighted by atomic mass is 15.0. The minimum atomic E-state index is -0.179. The van der Waals surface area contributed by atoms with E-state index in [1.165, 1.54) is 5.56 Å². The molecule has 3 heteroatoms. The normalized spacial score (nSPS) is 12.9. The van der Waals surface area contributed by atoms with E-state index in [0.29, 0.717) is 0 Å². The third-order valence-electron chi connectivity index (χ3n) is 5.68. The molecule has 4 rings (SSSR count). The van der Waals surface area contributed by atoms with Gasteiger partial charge in [-0.3, -0.25) is 4.99 Å². The Morgan fingerprint density at radius 3 is 2.34 bits per heavy atom. The van der Waals surface area contributed by atoms with Crippen molar-refractivity contribution < 1.29 is 4.57 Å². The Hall–Kier alpha value is -3.33. The Bertz CT molecular complexity index is 1240.